The van der Waals surface area contributed by atoms with Crippen molar-refractivity contribution in [3.05, 3.63) is 51.3 Å². The van der Waals surface area contributed by atoms with Crippen LogP contribution in [0.5, 0.6) is 0 Å². The van der Waals surface area contributed by atoms with Gasteiger partial charge in [-0.05, 0) is 36.6 Å². The molecule has 4 heteroatoms. The van der Waals surface area contributed by atoms with Gasteiger partial charge < -0.3 is 5.73 Å². The number of benzene rings is 1. The van der Waals surface area contributed by atoms with Gasteiger partial charge >= 0.3 is 0 Å². The smallest absolute Gasteiger partial charge is 0.0723 e. The van der Waals surface area contributed by atoms with E-state index in [9.17, 15) is 0 Å². The van der Waals surface area contributed by atoms with Crippen molar-refractivity contribution in [2.45, 2.75) is 19.9 Å². The molecule has 0 amide bonds. The van der Waals surface area contributed by atoms with E-state index in [0.29, 0.717) is 0 Å². The van der Waals surface area contributed by atoms with Crippen LogP contribution in [0.4, 0.5) is 0 Å². The summed E-state index contributed by atoms with van der Waals surface area (Å²) in [6.45, 7) is 4.16. The molecule has 0 bridgehead atoms. The SMILES string of the molecule is Cc1cc(C(N)c2ccnn2C)cc(C)c1Br. The zero-order valence-electron chi connectivity index (χ0n) is 10.2. The summed E-state index contributed by atoms with van der Waals surface area (Å²) in [7, 11) is 1.91. The van der Waals surface area contributed by atoms with E-state index in [2.05, 4.69) is 47.0 Å². The molecule has 90 valence electrons. The number of rotatable bonds is 2. The van der Waals surface area contributed by atoms with Gasteiger partial charge in [0.15, 0.2) is 0 Å². The summed E-state index contributed by atoms with van der Waals surface area (Å²) in [4.78, 5) is 0. The van der Waals surface area contributed by atoms with Gasteiger partial charge in [0.1, 0.15) is 0 Å². The lowest BCUT2D eigenvalue weighted by Gasteiger charge is -2.15. The number of halogens is 1. The maximum Gasteiger partial charge on any atom is 0.0723 e. The maximum atomic E-state index is 6.27. The Bertz CT molecular complexity index is 522. The molecule has 0 saturated heterocycles. The minimum atomic E-state index is -0.131. The second kappa shape index (κ2) is 4.63. The quantitative estimate of drug-likeness (QED) is 0.925. The third-order valence-corrected chi connectivity index (χ3v) is 4.25. The van der Waals surface area contributed by atoms with E-state index in [1.165, 1.54) is 11.1 Å². The predicted octanol–water partition coefficient (Wildman–Crippen LogP) is 2.85. The summed E-state index contributed by atoms with van der Waals surface area (Å²) < 4.78 is 2.97. The molecule has 2 rings (SSSR count). The van der Waals surface area contributed by atoms with Gasteiger partial charge in [-0.1, -0.05) is 28.1 Å². The molecule has 2 aromatic rings. The van der Waals surface area contributed by atoms with Gasteiger partial charge in [0.25, 0.3) is 0 Å². The molecule has 0 fully saturated rings. The number of aromatic nitrogens is 2. The van der Waals surface area contributed by atoms with Crippen LogP contribution < -0.4 is 5.73 Å². The summed E-state index contributed by atoms with van der Waals surface area (Å²) >= 11 is 3.57. The normalized spacial score (nSPS) is 12.8. The Morgan fingerprint density at radius 3 is 2.35 bits per heavy atom. The monoisotopic (exact) mass is 293 g/mol. The van der Waals surface area contributed by atoms with Crippen LogP contribution in [-0.4, -0.2) is 9.78 Å². The van der Waals surface area contributed by atoms with E-state index in [0.717, 1.165) is 15.7 Å². The van der Waals surface area contributed by atoms with Crippen molar-refractivity contribution in [2.75, 3.05) is 0 Å². The highest BCUT2D eigenvalue weighted by molar-refractivity contribution is 9.10. The molecule has 2 N–H and O–H groups in total. The topological polar surface area (TPSA) is 43.8 Å². The van der Waals surface area contributed by atoms with Gasteiger partial charge in [0, 0.05) is 17.7 Å². The zero-order valence-corrected chi connectivity index (χ0v) is 11.8. The van der Waals surface area contributed by atoms with Crippen molar-refractivity contribution in [1.82, 2.24) is 9.78 Å². The molecule has 0 aliphatic carbocycles. The fourth-order valence-corrected chi connectivity index (χ4v) is 2.25. The molecule has 0 aliphatic rings. The van der Waals surface area contributed by atoms with Gasteiger partial charge in [-0.15, -0.1) is 0 Å². The summed E-state index contributed by atoms with van der Waals surface area (Å²) in [5.41, 5.74) is 10.8. The van der Waals surface area contributed by atoms with E-state index in [-0.39, 0.29) is 6.04 Å². The molecule has 1 atom stereocenters. The van der Waals surface area contributed by atoms with Crippen molar-refractivity contribution in [1.29, 1.82) is 0 Å². The van der Waals surface area contributed by atoms with Gasteiger partial charge in [-0.2, -0.15) is 5.10 Å². The summed E-state index contributed by atoms with van der Waals surface area (Å²) in [5, 5.41) is 4.15. The Balaban J connectivity index is 2.45. The van der Waals surface area contributed by atoms with Crippen LogP contribution in [0.3, 0.4) is 0 Å². The average Bonchev–Trinajstić information content (AvgIpc) is 2.70. The third kappa shape index (κ3) is 2.28. The lowest BCUT2D eigenvalue weighted by atomic mass is 10.00. The average molecular weight is 294 g/mol. The Morgan fingerprint density at radius 1 is 1.29 bits per heavy atom. The molecule has 1 unspecified atom stereocenters. The zero-order chi connectivity index (χ0) is 12.6. The fourth-order valence-electron chi connectivity index (χ4n) is 2.02. The highest BCUT2D eigenvalue weighted by Gasteiger charge is 2.14. The second-order valence-corrected chi connectivity index (χ2v) is 5.12. The molecule has 1 aromatic heterocycles. The number of nitrogens with zero attached hydrogens (tertiary/aromatic N) is 2. The van der Waals surface area contributed by atoms with E-state index >= 15 is 0 Å². The Hall–Kier alpha value is -1.13. The molecule has 17 heavy (non-hydrogen) atoms. The van der Waals surface area contributed by atoms with Crippen molar-refractivity contribution in [3.8, 4) is 0 Å². The summed E-state index contributed by atoms with van der Waals surface area (Å²) in [6.07, 6.45) is 1.77. The van der Waals surface area contributed by atoms with E-state index in [1.54, 1.807) is 6.20 Å². The maximum absolute atomic E-state index is 6.27. The first-order chi connectivity index (χ1) is 8.00. The van der Waals surface area contributed by atoms with Crippen LogP contribution in [0.25, 0.3) is 0 Å². The number of aryl methyl sites for hydroxylation is 3. The molecular weight excluding hydrogens is 278 g/mol. The highest BCUT2D eigenvalue weighted by Crippen LogP contribution is 2.27. The number of hydrogen-bond donors (Lipinski definition) is 1. The molecule has 3 nitrogen and oxygen atoms in total. The first kappa shape index (κ1) is 12.3. The molecule has 1 aromatic carbocycles. The predicted molar refractivity (Wildman–Crippen MR) is 72.9 cm³/mol. The minimum absolute atomic E-state index is 0.131. The summed E-state index contributed by atoms with van der Waals surface area (Å²) in [6, 6.07) is 6.06. The van der Waals surface area contributed by atoms with Gasteiger partial charge in [-0.25, -0.2) is 0 Å². The lowest BCUT2D eigenvalue weighted by molar-refractivity contribution is 0.672. The third-order valence-electron chi connectivity index (χ3n) is 3.00. The molecule has 0 saturated carbocycles. The van der Waals surface area contributed by atoms with Crippen LogP contribution in [0.1, 0.15) is 28.4 Å². The van der Waals surface area contributed by atoms with Crippen LogP contribution in [0.2, 0.25) is 0 Å². The van der Waals surface area contributed by atoms with Gasteiger partial charge in [0.2, 0.25) is 0 Å². The van der Waals surface area contributed by atoms with Crippen molar-refractivity contribution in [2.24, 2.45) is 12.8 Å². The van der Waals surface area contributed by atoms with Gasteiger partial charge in [0.05, 0.1) is 11.7 Å². The van der Waals surface area contributed by atoms with Crippen LogP contribution in [0, 0.1) is 13.8 Å². The summed E-state index contributed by atoms with van der Waals surface area (Å²) in [5.74, 6) is 0. The second-order valence-electron chi connectivity index (χ2n) is 4.33. The molecule has 0 aliphatic heterocycles. The Kier molecular flexibility index (Phi) is 3.35. The standard InChI is InChI=1S/C13H16BrN3/c1-8-6-10(7-9(2)12(8)14)13(15)11-4-5-16-17(11)3/h4-7,13H,15H2,1-3H3. The minimum Gasteiger partial charge on any atom is -0.319 e. The van der Waals surface area contributed by atoms with Crippen LogP contribution in [0.15, 0.2) is 28.9 Å². The first-order valence-corrected chi connectivity index (χ1v) is 6.30. The van der Waals surface area contributed by atoms with Crippen molar-refractivity contribution in [3.63, 3.8) is 0 Å². The van der Waals surface area contributed by atoms with Gasteiger partial charge in [-0.3, -0.25) is 4.68 Å². The van der Waals surface area contributed by atoms with E-state index < -0.39 is 0 Å². The fraction of sp³-hybridized carbons (Fsp3) is 0.308. The number of nitrogens with two attached hydrogens (primary N) is 1. The van der Waals surface area contributed by atoms with Crippen LogP contribution >= 0.6 is 15.9 Å². The first-order valence-electron chi connectivity index (χ1n) is 5.51. The largest absolute Gasteiger partial charge is 0.319 e. The van der Waals surface area contributed by atoms with E-state index in [1.807, 2.05) is 17.8 Å². The molecule has 0 spiro atoms. The lowest BCUT2D eigenvalue weighted by Crippen LogP contribution is -2.16. The Morgan fingerprint density at radius 2 is 1.88 bits per heavy atom. The molecule has 0 radical (unpaired) electrons. The molecular formula is C13H16BrN3. The van der Waals surface area contributed by atoms with Crippen molar-refractivity contribution < 1.29 is 0 Å². The Labute approximate surface area is 110 Å². The number of hydrogen-bond acceptors (Lipinski definition) is 2. The molecule has 1 heterocycles. The van der Waals surface area contributed by atoms with E-state index in [4.69, 9.17) is 5.73 Å². The van der Waals surface area contributed by atoms with Crippen molar-refractivity contribution >= 4 is 15.9 Å². The van der Waals surface area contributed by atoms with Crippen LogP contribution in [-0.2, 0) is 7.05 Å². The highest BCUT2D eigenvalue weighted by atomic mass is 79.9.